The largest absolute Gasteiger partial charge is 0.307 e. The van der Waals surface area contributed by atoms with Crippen LogP contribution in [-0.2, 0) is 0 Å². The molecule has 4 unspecified atom stereocenters. The lowest BCUT2D eigenvalue weighted by molar-refractivity contribution is 0.217. The molecule has 4 atom stereocenters. The molecule has 0 amide bonds. The van der Waals surface area contributed by atoms with E-state index in [2.05, 4.69) is 38.2 Å². The van der Waals surface area contributed by atoms with Crippen LogP contribution in [0.1, 0.15) is 51.6 Å². The smallest absolute Gasteiger partial charge is 0.0409 e. The summed E-state index contributed by atoms with van der Waals surface area (Å²) in [5.41, 5.74) is 1.29. The fourth-order valence-corrected chi connectivity index (χ4v) is 3.12. The molecule has 1 aliphatic carbocycles. The Morgan fingerprint density at radius 2 is 2.00 bits per heavy atom. The van der Waals surface area contributed by atoms with E-state index in [1.165, 1.54) is 24.8 Å². The van der Waals surface area contributed by atoms with Crippen LogP contribution in [0.2, 0.25) is 5.02 Å². The molecule has 18 heavy (non-hydrogen) atoms. The maximum atomic E-state index is 6.05. The first kappa shape index (κ1) is 13.9. The Morgan fingerprint density at radius 1 is 1.22 bits per heavy atom. The van der Waals surface area contributed by atoms with Crippen molar-refractivity contribution in [1.29, 1.82) is 0 Å². The molecule has 2 rings (SSSR count). The van der Waals surface area contributed by atoms with E-state index in [4.69, 9.17) is 11.6 Å². The molecular formula is C16H24ClN. The summed E-state index contributed by atoms with van der Waals surface area (Å²) in [6.07, 6.45) is 3.95. The van der Waals surface area contributed by atoms with Crippen molar-refractivity contribution in [2.24, 2.45) is 11.8 Å². The standard InChI is InChI=1S/C16H24ClN/c1-11-7-8-16(9-12(11)2)18-13(3)14-5-4-6-15(17)10-14/h4-6,10-13,16,18H,7-9H2,1-3H3. The van der Waals surface area contributed by atoms with Gasteiger partial charge in [-0.1, -0.05) is 37.6 Å². The average Bonchev–Trinajstić information content (AvgIpc) is 2.34. The van der Waals surface area contributed by atoms with Crippen molar-refractivity contribution in [1.82, 2.24) is 5.32 Å². The Hall–Kier alpha value is -0.530. The minimum Gasteiger partial charge on any atom is -0.307 e. The Bertz CT molecular complexity index is 390. The summed E-state index contributed by atoms with van der Waals surface area (Å²) in [4.78, 5) is 0. The van der Waals surface area contributed by atoms with Crippen molar-refractivity contribution in [3.63, 3.8) is 0 Å². The molecule has 100 valence electrons. The molecule has 0 spiro atoms. The number of nitrogens with one attached hydrogen (secondary N) is 1. The van der Waals surface area contributed by atoms with E-state index in [-0.39, 0.29) is 0 Å². The van der Waals surface area contributed by atoms with Gasteiger partial charge in [-0.25, -0.2) is 0 Å². The molecule has 0 saturated heterocycles. The van der Waals surface area contributed by atoms with Gasteiger partial charge in [-0.05, 0) is 55.7 Å². The van der Waals surface area contributed by atoms with Gasteiger partial charge in [0.25, 0.3) is 0 Å². The highest BCUT2D eigenvalue weighted by molar-refractivity contribution is 6.30. The van der Waals surface area contributed by atoms with Crippen LogP contribution in [0.25, 0.3) is 0 Å². The lowest BCUT2D eigenvalue weighted by Gasteiger charge is -2.34. The zero-order chi connectivity index (χ0) is 13.1. The fourth-order valence-electron chi connectivity index (χ4n) is 2.92. The second-order valence-corrected chi connectivity index (χ2v) is 6.34. The van der Waals surface area contributed by atoms with Gasteiger partial charge >= 0.3 is 0 Å². The van der Waals surface area contributed by atoms with E-state index in [1.54, 1.807) is 0 Å². The van der Waals surface area contributed by atoms with Gasteiger partial charge in [0.2, 0.25) is 0 Å². The summed E-state index contributed by atoms with van der Waals surface area (Å²) in [5.74, 6) is 1.72. The third-order valence-electron chi connectivity index (χ3n) is 4.43. The molecule has 2 heteroatoms. The van der Waals surface area contributed by atoms with Crippen molar-refractivity contribution in [3.05, 3.63) is 34.9 Å². The van der Waals surface area contributed by atoms with Crippen LogP contribution in [-0.4, -0.2) is 6.04 Å². The molecule has 0 aromatic heterocycles. The summed E-state index contributed by atoms with van der Waals surface area (Å²) in [6.45, 7) is 6.98. The van der Waals surface area contributed by atoms with Crippen LogP contribution in [0.4, 0.5) is 0 Å². The van der Waals surface area contributed by atoms with Crippen LogP contribution < -0.4 is 5.32 Å². The molecule has 1 saturated carbocycles. The lowest BCUT2D eigenvalue weighted by atomic mass is 9.79. The number of benzene rings is 1. The monoisotopic (exact) mass is 265 g/mol. The predicted octanol–water partition coefficient (Wildman–Crippen LogP) is 4.82. The van der Waals surface area contributed by atoms with Crippen molar-refractivity contribution in [2.45, 2.75) is 52.1 Å². The zero-order valence-corrected chi connectivity index (χ0v) is 12.4. The van der Waals surface area contributed by atoms with Crippen molar-refractivity contribution in [3.8, 4) is 0 Å². The van der Waals surface area contributed by atoms with Crippen molar-refractivity contribution < 1.29 is 0 Å². The molecular weight excluding hydrogens is 242 g/mol. The van der Waals surface area contributed by atoms with E-state index < -0.39 is 0 Å². The Labute approximate surface area is 116 Å². The third kappa shape index (κ3) is 3.49. The lowest BCUT2D eigenvalue weighted by Crippen LogP contribution is -2.37. The van der Waals surface area contributed by atoms with Gasteiger partial charge in [0.15, 0.2) is 0 Å². The Kier molecular flexibility index (Phi) is 4.69. The van der Waals surface area contributed by atoms with Crippen LogP contribution in [0.15, 0.2) is 24.3 Å². The van der Waals surface area contributed by atoms with E-state index >= 15 is 0 Å². The minimum atomic E-state index is 0.384. The van der Waals surface area contributed by atoms with Gasteiger partial charge in [-0.15, -0.1) is 0 Å². The number of rotatable bonds is 3. The topological polar surface area (TPSA) is 12.0 Å². The normalized spacial score (nSPS) is 30.1. The SMILES string of the molecule is CC(NC1CCC(C)C(C)C1)c1cccc(Cl)c1. The van der Waals surface area contributed by atoms with E-state index in [0.717, 1.165) is 16.9 Å². The Balaban J connectivity index is 1.93. The van der Waals surface area contributed by atoms with Crippen molar-refractivity contribution in [2.75, 3.05) is 0 Å². The molecule has 0 heterocycles. The second-order valence-electron chi connectivity index (χ2n) is 5.91. The second kappa shape index (κ2) is 6.08. The van der Waals surface area contributed by atoms with Gasteiger partial charge < -0.3 is 5.32 Å². The van der Waals surface area contributed by atoms with Gasteiger partial charge in [0.1, 0.15) is 0 Å². The molecule has 0 bridgehead atoms. The summed E-state index contributed by atoms with van der Waals surface area (Å²) >= 11 is 6.05. The minimum absolute atomic E-state index is 0.384. The molecule has 1 fully saturated rings. The first-order valence-corrected chi connectivity index (χ1v) is 7.45. The highest BCUT2D eigenvalue weighted by Crippen LogP contribution is 2.30. The number of hydrogen-bond donors (Lipinski definition) is 1. The van der Waals surface area contributed by atoms with E-state index in [0.29, 0.717) is 12.1 Å². The maximum Gasteiger partial charge on any atom is 0.0409 e. The maximum absolute atomic E-state index is 6.05. The molecule has 1 N–H and O–H groups in total. The van der Waals surface area contributed by atoms with Crippen LogP contribution in [0, 0.1) is 11.8 Å². The zero-order valence-electron chi connectivity index (χ0n) is 11.6. The third-order valence-corrected chi connectivity index (χ3v) is 4.67. The first-order chi connectivity index (χ1) is 8.56. The highest BCUT2D eigenvalue weighted by atomic mass is 35.5. The quantitative estimate of drug-likeness (QED) is 0.827. The summed E-state index contributed by atoms with van der Waals surface area (Å²) in [7, 11) is 0. The molecule has 0 aliphatic heterocycles. The van der Waals surface area contributed by atoms with Gasteiger partial charge in [-0.3, -0.25) is 0 Å². The first-order valence-electron chi connectivity index (χ1n) is 7.07. The van der Waals surface area contributed by atoms with Crippen LogP contribution in [0.5, 0.6) is 0 Å². The highest BCUT2D eigenvalue weighted by Gasteiger charge is 2.25. The molecule has 1 aromatic carbocycles. The Morgan fingerprint density at radius 3 is 2.67 bits per heavy atom. The van der Waals surface area contributed by atoms with Crippen molar-refractivity contribution >= 4 is 11.6 Å². The summed E-state index contributed by atoms with van der Waals surface area (Å²) in [5, 5.41) is 4.58. The predicted molar refractivity (Wildman–Crippen MR) is 79.0 cm³/mol. The molecule has 1 aromatic rings. The molecule has 1 nitrogen and oxygen atoms in total. The number of halogens is 1. The summed E-state index contributed by atoms with van der Waals surface area (Å²) in [6, 6.07) is 9.22. The number of hydrogen-bond acceptors (Lipinski definition) is 1. The summed E-state index contributed by atoms with van der Waals surface area (Å²) < 4.78 is 0. The van der Waals surface area contributed by atoms with E-state index in [9.17, 15) is 0 Å². The van der Waals surface area contributed by atoms with Gasteiger partial charge in [0, 0.05) is 17.1 Å². The van der Waals surface area contributed by atoms with Crippen LogP contribution in [0.3, 0.4) is 0 Å². The van der Waals surface area contributed by atoms with Gasteiger partial charge in [0.05, 0.1) is 0 Å². The van der Waals surface area contributed by atoms with Crippen LogP contribution >= 0.6 is 11.6 Å². The average molecular weight is 266 g/mol. The van der Waals surface area contributed by atoms with Gasteiger partial charge in [-0.2, -0.15) is 0 Å². The van der Waals surface area contributed by atoms with E-state index in [1.807, 2.05) is 12.1 Å². The molecule has 1 aliphatic rings. The fraction of sp³-hybridized carbons (Fsp3) is 0.625. The molecule has 0 radical (unpaired) electrons.